The molecule has 0 atom stereocenters. The highest BCUT2D eigenvalue weighted by atomic mass is 15.5. The highest BCUT2D eigenvalue weighted by molar-refractivity contribution is 4.80. The summed E-state index contributed by atoms with van der Waals surface area (Å²) < 4.78 is 1.89. The zero-order chi connectivity index (χ0) is 9.52. The van der Waals surface area contributed by atoms with E-state index in [9.17, 15) is 0 Å². The maximum Gasteiger partial charge on any atom is 0.151 e. The second kappa shape index (κ2) is 5.67. The van der Waals surface area contributed by atoms with Crippen molar-refractivity contribution in [1.82, 2.24) is 20.2 Å². The molecule has 1 aromatic heterocycles. The van der Waals surface area contributed by atoms with Crippen LogP contribution in [0.2, 0.25) is 0 Å². The quantitative estimate of drug-likeness (QED) is 0.626. The van der Waals surface area contributed by atoms with Crippen molar-refractivity contribution >= 4 is 0 Å². The Morgan fingerprint density at radius 2 is 2.23 bits per heavy atom. The first kappa shape index (κ1) is 10.2. The molecule has 0 saturated heterocycles. The second-order valence-electron chi connectivity index (χ2n) is 3.13. The topological polar surface area (TPSA) is 43.6 Å². The summed E-state index contributed by atoms with van der Waals surface area (Å²) in [4.78, 5) is 0. The Balaban J connectivity index is 2.40. The molecule has 0 aliphatic heterocycles. The van der Waals surface area contributed by atoms with Crippen molar-refractivity contribution in [1.29, 1.82) is 0 Å². The first-order chi connectivity index (χ1) is 6.38. The molecule has 0 bridgehead atoms. The summed E-state index contributed by atoms with van der Waals surface area (Å²) >= 11 is 0. The van der Waals surface area contributed by atoms with E-state index in [0.29, 0.717) is 0 Å². The summed E-state index contributed by atoms with van der Waals surface area (Å²) in [7, 11) is 0. The van der Waals surface area contributed by atoms with E-state index in [2.05, 4.69) is 29.4 Å². The Morgan fingerprint density at radius 3 is 2.92 bits per heavy atom. The molecule has 0 N–H and O–H groups in total. The largest absolute Gasteiger partial charge is 0.230 e. The van der Waals surface area contributed by atoms with E-state index in [4.69, 9.17) is 0 Å². The van der Waals surface area contributed by atoms with Gasteiger partial charge in [-0.15, -0.1) is 5.10 Å². The van der Waals surface area contributed by atoms with Gasteiger partial charge in [-0.25, -0.2) is 4.68 Å². The normalized spacial score (nSPS) is 10.6. The molecule has 0 amide bonds. The maximum absolute atomic E-state index is 3.95. The number of aromatic nitrogens is 4. The Morgan fingerprint density at radius 1 is 1.38 bits per heavy atom. The molecule has 0 saturated carbocycles. The number of tetrazole rings is 1. The number of hydrogen-bond donors (Lipinski definition) is 0. The summed E-state index contributed by atoms with van der Waals surface area (Å²) in [6, 6.07) is 0. The van der Waals surface area contributed by atoms with Crippen LogP contribution in [0.15, 0.2) is 0 Å². The standard InChI is InChI=1S/C9H17N4/c1-3-5-6-8-13-9(7-4-2)10-11-12-13/h2-8H2,1H3. The van der Waals surface area contributed by atoms with Crippen LogP contribution in [-0.2, 0) is 13.0 Å². The molecule has 1 heterocycles. The van der Waals surface area contributed by atoms with Crippen LogP contribution >= 0.6 is 0 Å². The summed E-state index contributed by atoms with van der Waals surface area (Å²) in [6.07, 6.45) is 5.36. The van der Waals surface area contributed by atoms with Gasteiger partial charge in [0.1, 0.15) is 0 Å². The number of hydrogen-bond acceptors (Lipinski definition) is 3. The molecule has 1 rings (SSSR count). The van der Waals surface area contributed by atoms with Crippen molar-refractivity contribution in [2.45, 2.75) is 45.6 Å². The van der Waals surface area contributed by atoms with Crippen LogP contribution in [-0.4, -0.2) is 20.2 Å². The Bertz CT molecular complexity index is 231. The third-order valence-electron chi connectivity index (χ3n) is 1.98. The number of nitrogens with zero attached hydrogens (tertiary/aromatic N) is 4. The number of aryl methyl sites for hydroxylation is 2. The summed E-state index contributed by atoms with van der Waals surface area (Å²) in [5, 5.41) is 11.5. The van der Waals surface area contributed by atoms with Gasteiger partial charge in [0.05, 0.1) is 0 Å². The lowest BCUT2D eigenvalue weighted by atomic mass is 10.2. The van der Waals surface area contributed by atoms with E-state index >= 15 is 0 Å². The van der Waals surface area contributed by atoms with E-state index in [1.165, 1.54) is 12.8 Å². The van der Waals surface area contributed by atoms with Gasteiger partial charge in [-0.3, -0.25) is 0 Å². The monoisotopic (exact) mass is 181 g/mol. The first-order valence-corrected chi connectivity index (χ1v) is 4.92. The van der Waals surface area contributed by atoms with Crippen molar-refractivity contribution in [3.8, 4) is 0 Å². The minimum atomic E-state index is 0.855. The van der Waals surface area contributed by atoms with Gasteiger partial charge in [0, 0.05) is 13.0 Å². The van der Waals surface area contributed by atoms with Crippen LogP contribution in [0.5, 0.6) is 0 Å². The van der Waals surface area contributed by atoms with Gasteiger partial charge in [-0.1, -0.05) is 26.7 Å². The molecule has 0 unspecified atom stereocenters. The van der Waals surface area contributed by atoms with E-state index in [1.54, 1.807) is 0 Å². The molecular weight excluding hydrogens is 164 g/mol. The summed E-state index contributed by atoms with van der Waals surface area (Å²) in [5.74, 6) is 0.964. The molecule has 4 nitrogen and oxygen atoms in total. The van der Waals surface area contributed by atoms with Crippen molar-refractivity contribution < 1.29 is 0 Å². The Kier molecular flexibility index (Phi) is 4.43. The highest BCUT2D eigenvalue weighted by Gasteiger charge is 2.03. The van der Waals surface area contributed by atoms with Crippen LogP contribution < -0.4 is 0 Å². The van der Waals surface area contributed by atoms with Crippen LogP contribution in [0.4, 0.5) is 0 Å². The number of unbranched alkanes of at least 4 members (excludes halogenated alkanes) is 2. The molecule has 0 aliphatic rings. The summed E-state index contributed by atoms with van der Waals surface area (Å²) in [6.45, 7) is 6.92. The second-order valence-corrected chi connectivity index (χ2v) is 3.13. The lowest BCUT2D eigenvalue weighted by Gasteiger charge is -2.01. The third-order valence-corrected chi connectivity index (χ3v) is 1.98. The average Bonchev–Trinajstić information content (AvgIpc) is 2.54. The predicted octanol–water partition coefficient (Wildman–Crippen LogP) is 1.63. The SMILES string of the molecule is [CH2]CCc1nnnn1CCCCC. The zero-order valence-corrected chi connectivity index (χ0v) is 8.24. The molecule has 1 aromatic rings. The van der Waals surface area contributed by atoms with Gasteiger partial charge in [0.25, 0.3) is 0 Å². The van der Waals surface area contributed by atoms with Gasteiger partial charge >= 0.3 is 0 Å². The smallest absolute Gasteiger partial charge is 0.151 e. The average molecular weight is 181 g/mol. The van der Waals surface area contributed by atoms with Gasteiger partial charge in [-0.2, -0.15) is 0 Å². The van der Waals surface area contributed by atoms with E-state index < -0.39 is 0 Å². The molecule has 0 spiro atoms. The number of rotatable bonds is 6. The third kappa shape index (κ3) is 3.13. The molecule has 13 heavy (non-hydrogen) atoms. The fourth-order valence-electron chi connectivity index (χ4n) is 1.25. The fraction of sp³-hybridized carbons (Fsp3) is 0.778. The first-order valence-electron chi connectivity index (χ1n) is 4.92. The van der Waals surface area contributed by atoms with E-state index in [0.717, 1.165) is 31.6 Å². The van der Waals surface area contributed by atoms with Gasteiger partial charge in [0.15, 0.2) is 5.82 Å². The maximum atomic E-state index is 3.95. The molecule has 4 heteroatoms. The Hall–Kier alpha value is -0.930. The van der Waals surface area contributed by atoms with Crippen LogP contribution in [0.1, 0.15) is 38.4 Å². The Labute approximate surface area is 79.3 Å². The lowest BCUT2D eigenvalue weighted by Crippen LogP contribution is -2.05. The molecule has 0 aromatic carbocycles. The van der Waals surface area contributed by atoms with Crippen molar-refractivity contribution in [2.24, 2.45) is 0 Å². The van der Waals surface area contributed by atoms with E-state index in [-0.39, 0.29) is 0 Å². The fourth-order valence-corrected chi connectivity index (χ4v) is 1.25. The van der Waals surface area contributed by atoms with Crippen LogP contribution in [0.25, 0.3) is 0 Å². The van der Waals surface area contributed by atoms with Gasteiger partial charge < -0.3 is 0 Å². The van der Waals surface area contributed by atoms with Gasteiger partial charge in [-0.05, 0) is 23.3 Å². The van der Waals surface area contributed by atoms with Gasteiger partial charge in [0.2, 0.25) is 0 Å². The summed E-state index contributed by atoms with van der Waals surface area (Å²) in [5.41, 5.74) is 0. The van der Waals surface area contributed by atoms with Crippen LogP contribution in [0, 0.1) is 6.92 Å². The van der Waals surface area contributed by atoms with E-state index in [1.807, 2.05) is 4.68 Å². The lowest BCUT2D eigenvalue weighted by molar-refractivity contribution is 0.519. The zero-order valence-electron chi connectivity index (χ0n) is 8.24. The molecule has 0 fully saturated rings. The minimum absolute atomic E-state index is 0.855. The highest BCUT2D eigenvalue weighted by Crippen LogP contribution is 2.01. The molecule has 73 valence electrons. The predicted molar refractivity (Wildman–Crippen MR) is 51.0 cm³/mol. The minimum Gasteiger partial charge on any atom is -0.230 e. The molecule has 0 aliphatic carbocycles. The molecular formula is C9H17N4. The van der Waals surface area contributed by atoms with Crippen molar-refractivity contribution in [2.75, 3.05) is 0 Å². The molecule has 1 radical (unpaired) electrons. The van der Waals surface area contributed by atoms with Crippen molar-refractivity contribution in [3.63, 3.8) is 0 Å². The van der Waals surface area contributed by atoms with Crippen LogP contribution in [0.3, 0.4) is 0 Å². The van der Waals surface area contributed by atoms with Crippen molar-refractivity contribution in [3.05, 3.63) is 12.7 Å².